The molecule has 1 saturated carbocycles. The lowest BCUT2D eigenvalue weighted by Gasteiger charge is -2.12. The lowest BCUT2D eigenvalue weighted by molar-refractivity contribution is -0.134. The summed E-state index contributed by atoms with van der Waals surface area (Å²) < 4.78 is 1.94. The second-order valence-corrected chi connectivity index (χ2v) is 5.27. The Kier molecular flexibility index (Phi) is 3.01. The molecule has 1 aliphatic rings. The standard InChI is InChI=1S/C12H16N6O2/c1-6-2-7(3-8(6)12(19)17-20)18-5-16-9-10(13)14-4-15-11(9)18/h4-8,20H,2-3H2,1H3,(H,17,19)(H2,13,14,15)/t6-,7+,8-/m0/s1. The van der Waals surface area contributed by atoms with Gasteiger partial charge in [0.2, 0.25) is 5.91 Å². The van der Waals surface area contributed by atoms with Crippen LogP contribution in [0, 0.1) is 11.8 Å². The van der Waals surface area contributed by atoms with Crippen LogP contribution in [0.25, 0.3) is 11.2 Å². The van der Waals surface area contributed by atoms with Gasteiger partial charge in [0.15, 0.2) is 11.5 Å². The molecule has 106 valence electrons. The van der Waals surface area contributed by atoms with E-state index in [1.165, 1.54) is 6.33 Å². The van der Waals surface area contributed by atoms with Crippen LogP contribution in [0.4, 0.5) is 5.82 Å². The van der Waals surface area contributed by atoms with E-state index in [0.29, 0.717) is 23.4 Å². The van der Waals surface area contributed by atoms with Gasteiger partial charge in [0.05, 0.1) is 6.33 Å². The number of fused-ring (bicyclic) bond motifs is 1. The number of hydroxylamine groups is 1. The zero-order chi connectivity index (χ0) is 14.3. The van der Waals surface area contributed by atoms with Gasteiger partial charge in [-0.25, -0.2) is 20.4 Å². The van der Waals surface area contributed by atoms with Gasteiger partial charge in [-0.05, 0) is 18.8 Å². The second kappa shape index (κ2) is 4.71. The number of anilines is 1. The maximum Gasteiger partial charge on any atom is 0.246 e. The highest BCUT2D eigenvalue weighted by atomic mass is 16.5. The summed E-state index contributed by atoms with van der Waals surface area (Å²) in [7, 11) is 0. The largest absolute Gasteiger partial charge is 0.382 e. The highest BCUT2D eigenvalue weighted by Crippen LogP contribution is 2.40. The van der Waals surface area contributed by atoms with Gasteiger partial charge >= 0.3 is 0 Å². The summed E-state index contributed by atoms with van der Waals surface area (Å²) in [4.78, 5) is 24.0. The molecule has 4 N–H and O–H groups in total. The van der Waals surface area contributed by atoms with Crippen LogP contribution in [0.15, 0.2) is 12.7 Å². The molecule has 1 amide bonds. The summed E-state index contributed by atoms with van der Waals surface area (Å²) in [6.45, 7) is 2.00. The SMILES string of the molecule is C[C@H]1C[C@@H](n2cnc3c(N)ncnc32)C[C@@H]1C(=O)NO. The lowest BCUT2D eigenvalue weighted by atomic mass is 9.98. The average Bonchev–Trinajstić information content (AvgIpc) is 3.02. The molecule has 1 aliphatic carbocycles. The number of hydrogen-bond acceptors (Lipinski definition) is 6. The molecule has 20 heavy (non-hydrogen) atoms. The fourth-order valence-corrected chi connectivity index (χ4v) is 3.03. The van der Waals surface area contributed by atoms with Crippen LogP contribution in [0.3, 0.4) is 0 Å². The Morgan fingerprint density at radius 1 is 1.45 bits per heavy atom. The number of nitrogens with zero attached hydrogens (tertiary/aromatic N) is 4. The highest BCUT2D eigenvalue weighted by molar-refractivity contribution is 5.81. The quantitative estimate of drug-likeness (QED) is 0.543. The first-order valence-electron chi connectivity index (χ1n) is 6.48. The van der Waals surface area contributed by atoms with E-state index in [9.17, 15) is 4.79 Å². The van der Waals surface area contributed by atoms with Gasteiger partial charge in [-0.1, -0.05) is 6.92 Å². The van der Waals surface area contributed by atoms with Crippen molar-refractivity contribution < 1.29 is 10.0 Å². The smallest absolute Gasteiger partial charge is 0.246 e. The van der Waals surface area contributed by atoms with Crippen LogP contribution in [0.2, 0.25) is 0 Å². The zero-order valence-corrected chi connectivity index (χ0v) is 11.0. The third-order valence-corrected chi connectivity index (χ3v) is 4.08. The molecule has 8 nitrogen and oxygen atoms in total. The molecule has 2 aromatic rings. The van der Waals surface area contributed by atoms with Crippen molar-refractivity contribution in [1.82, 2.24) is 25.0 Å². The number of aromatic nitrogens is 4. The van der Waals surface area contributed by atoms with Gasteiger partial charge in [-0.15, -0.1) is 0 Å². The van der Waals surface area contributed by atoms with Crippen molar-refractivity contribution >= 4 is 22.9 Å². The van der Waals surface area contributed by atoms with E-state index in [2.05, 4.69) is 15.0 Å². The Morgan fingerprint density at radius 2 is 2.25 bits per heavy atom. The monoisotopic (exact) mass is 276 g/mol. The first-order chi connectivity index (χ1) is 9.61. The number of nitrogen functional groups attached to an aromatic ring is 1. The van der Waals surface area contributed by atoms with Crippen LogP contribution >= 0.6 is 0 Å². The Morgan fingerprint density at radius 3 is 3.00 bits per heavy atom. The van der Waals surface area contributed by atoms with E-state index in [-0.39, 0.29) is 23.8 Å². The number of hydrogen-bond donors (Lipinski definition) is 3. The Bertz CT molecular complexity index is 654. The van der Waals surface area contributed by atoms with Crippen LogP contribution in [-0.4, -0.2) is 30.6 Å². The fourth-order valence-electron chi connectivity index (χ4n) is 3.03. The molecule has 1 fully saturated rings. The minimum absolute atomic E-state index is 0.117. The van der Waals surface area contributed by atoms with Crippen molar-refractivity contribution in [3.8, 4) is 0 Å². The molecule has 0 bridgehead atoms. The van der Waals surface area contributed by atoms with Gasteiger partial charge in [-0.3, -0.25) is 10.0 Å². The fraction of sp³-hybridized carbons (Fsp3) is 0.500. The first kappa shape index (κ1) is 12.8. The molecule has 3 atom stereocenters. The van der Waals surface area contributed by atoms with E-state index in [1.807, 2.05) is 11.5 Å². The van der Waals surface area contributed by atoms with E-state index in [0.717, 1.165) is 6.42 Å². The van der Waals surface area contributed by atoms with Crippen LogP contribution in [0.1, 0.15) is 25.8 Å². The molecular formula is C12H16N6O2. The lowest BCUT2D eigenvalue weighted by Crippen LogP contribution is -2.29. The zero-order valence-electron chi connectivity index (χ0n) is 11.0. The first-order valence-corrected chi connectivity index (χ1v) is 6.48. The Labute approximate surface area is 115 Å². The van der Waals surface area contributed by atoms with Gasteiger partial charge < -0.3 is 10.3 Å². The molecule has 0 aromatic carbocycles. The molecule has 0 saturated heterocycles. The topological polar surface area (TPSA) is 119 Å². The van der Waals surface area contributed by atoms with Crippen molar-refractivity contribution in [3.63, 3.8) is 0 Å². The van der Waals surface area contributed by atoms with E-state index in [1.54, 1.807) is 11.8 Å². The Balaban J connectivity index is 1.93. The van der Waals surface area contributed by atoms with Gasteiger partial charge in [0.25, 0.3) is 0 Å². The molecule has 2 aromatic heterocycles. The van der Waals surface area contributed by atoms with Crippen molar-refractivity contribution in [2.75, 3.05) is 5.73 Å². The highest BCUT2D eigenvalue weighted by Gasteiger charge is 2.37. The summed E-state index contributed by atoms with van der Waals surface area (Å²) in [6.07, 6.45) is 4.56. The molecule has 3 rings (SSSR count). The predicted molar refractivity (Wildman–Crippen MR) is 70.6 cm³/mol. The van der Waals surface area contributed by atoms with Gasteiger partial charge in [-0.2, -0.15) is 0 Å². The predicted octanol–water partition coefficient (Wildman–Crippen LogP) is 0.501. The summed E-state index contributed by atoms with van der Waals surface area (Å²) in [5, 5.41) is 8.78. The number of carbonyl (C=O) groups is 1. The maximum absolute atomic E-state index is 11.6. The molecule has 0 radical (unpaired) electrons. The van der Waals surface area contributed by atoms with Crippen LogP contribution in [-0.2, 0) is 4.79 Å². The normalized spacial score (nSPS) is 26.0. The number of nitrogens with one attached hydrogen (secondary N) is 1. The minimum atomic E-state index is -0.335. The van der Waals surface area contributed by atoms with Crippen molar-refractivity contribution in [2.45, 2.75) is 25.8 Å². The summed E-state index contributed by atoms with van der Waals surface area (Å²) >= 11 is 0. The van der Waals surface area contributed by atoms with Gasteiger partial charge in [0.1, 0.15) is 11.8 Å². The third-order valence-electron chi connectivity index (χ3n) is 4.08. The van der Waals surface area contributed by atoms with E-state index < -0.39 is 0 Å². The molecule has 0 spiro atoms. The summed E-state index contributed by atoms with van der Waals surface area (Å²) in [5.74, 6) is -0.00609. The van der Waals surface area contributed by atoms with Crippen LogP contribution < -0.4 is 11.2 Å². The number of nitrogens with two attached hydrogens (primary N) is 1. The van der Waals surface area contributed by atoms with Crippen molar-refractivity contribution in [2.24, 2.45) is 11.8 Å². The number of amides is 1. The third kappa shape index (κ3) is 1.88. The minimum Gasteiger partial charge on any atom is -0.382 e. The average molecular weight is 276 g/mol. The van der Waals surface area contributed by atoms with Gasteiger partial charge in [0, 0.05) is 12.0 Å². The number of rotatable bonds is 2. The number of imidazole rings is 1. The number of carbonyl (C=O) groups excluding carboxylic acids is 1. The molecule has 2 heterocycles. The molecule has 0 aliphatic heterocycles. The van der Waals surface area contributed by atoms with Crippen LogP contribution in [0.5, 0.6) is 0 Å². The van der Waals surface area contributed by atoms with E-state index >= 15 is 0 Å². The van der Waals surface area contributed by atoms with Crippen molar-refractivity contribution in [3.05, 3.63) is 12.7 Å². The van der Waals surface area contributed by atoms with Crippen molar-refractivity contribution in [1.29, 1.82) is 0 Å². The summed E-state index contributed by atoms with van der Waals surface area (Å²) in [5.41, 5.74) is 8.77. The molecule has 0 unspecified atom stereocenters. The summed E-state index contributed by atoms with van der Waals surface area (Å²) in [6, 6.07) is 0.117. The maximum atomic E-state index is 11.6. The molecule has 8 heteroatoms. The molecular weight excluding hydrogens is 260 g/mol. The second-order valence-electron chi connectivity index (χ2n) is 5.27. The van der Waals surface area contributed by atoms with E-state index in [4.69, 9.17) is 10.9 Å². The Hall–Kier alpha value is -2.22.